The Bertz CT molecular complexity index is 602. The molecule has 1 nitrogen and oxygen atoms in total. The van der Waals surface area contributed by atoms with Crippen LogP contribution in [0.3, 0.4) is 0 Å². The molecule has 0 unspecified atom stereocenters. The maximum Gasteiger partial charge on any atom is 0.140 e. The maximum atomic E-state index is 13.5. The molecule has 0 fully saturated rings. The first-order chi connectivity index (χ1) is 8.47. The molecule has 2 aromatic rings. The SMILES string of the molecule is Cc1cc(N)c(Cl)cc1Sc1ccc(F)cc1F. The zero-order valence-corrected chi connectivity index (χ0v) is 11.1. The fraction of sp³-hybridized carbons (Fsp3) is 0.0769. The molecule has 0 saturated heterocycles. The van der Waals surface area contributed by atoms with Crippen molar-refractivity contribution in [1.82, 2.24) is 0 Å². The average Bonchev–Trinajstić information content (AvgIpc) is 2.29. The monoisotopic (exact) mass is 285 g/mol. The summed E-state index contributed by atoms with van der Waals surface area (Å²) in [5, 5.41) is 0.422. The van der Waals surface area contributed by atoms with Crippen LogP contribution in [0.1, 0.15) is 5.56 Å². The lowest BCUT2D eigenvalue weighted by Crippen LogP contribution is -1.90. The maximum absolute atomic E-state index is 13.5. The van der Waals surface area contributed by atoms with Gasteiger partial charge in [0.1, 0.15) is 11.6 Å². The smallest absolute Gasteiger partial charge is 0.140 e. The molecule has 0 spiro atoms. The Morgan fingerprint density at radius 3 is 2.50 bits per heavy atom. The van der Waals surface area contributed by atoms with Crippen LogP contribution in [0.4, 0.5) is 14.5 Å². The van der Waals surface area contributed by atoms with Gasteiger partial charge in [0.2, 0.25) is 0 Å². The van der Waals surface area contributed by atoms with Crippen molar-refractivity contribution in [2.75, 3.05) is 5.73 Å². The van der Waals surface area contributed by atoms with Gasteiger partial charge in [0.25, 0.3) is 0 Å². The minimum Gasteiger partial charge on any atom is -0.398 e. The molecule has 94 valence electrons. The normalized spacial score (nSPS) is 10.7. The molecule has 0 aliphatic heterocycles. The molecule has 2 aromatic carbocycles. The minimum atomic E-state index is -0.594. The van der Waals surface area contributed by atoms with Crippen LogP contribution in [-0.2, 0) is 0 Å². The van der Waals surface area contributed by atoms with Gasteiger partial charge >= 0.3 is 0 Å². The number of anilines is 1. The number of nitrogens with two attached hydrogens (primary N) is 1. The average molecular weight is 286 g/mol. The Morgan fingerprint density at radius 2 is 1.83 bits per heavy atom. The number of hydrogen-bond donors (Lipinski definition) is 1. The second kappa shape index (κ2) is 5.16. The van der Waals surface area contributed by atoms with E-state index in [1.807, 2.05) is 6.92 Å². The molecule has 0 aliphatic rings. The molecular weight excluding hydrogens is 276 g/mol. The van der Waals surface area contributed by atoms with Crippen molar-refractivity contribution in [2.45, 2.75) is 16.7 Å². The second-order valence-corrected chi connectivity index (χ2v) is 5.31. The lowest BCUT2D eigenvalue weighted by Gasteiger charge is -2.09. The first-order valence-electron chi connectivity index (χ1n) is 5.16. The van der Waals surface area contributed by atoms with Crippen LogP contribution in [0.15, 0.2) is 40.1 Å². The molecule has 0 amide bonds. The van der Waals surface area contributed by atoms with Crippen molar-refractivity contribution in [3.8, 4) is 0 Å². The van der Waals surface area contributed by atoms with Crippen molar-refractivity contribution in [2.24, 2.45) is 0 Å². The van der Waals surface area contributed by atoms with Crippen molar-refractivity contribution < 1.29 is 8.78 Å². The summed E-state index contributed by atoms with van der Waals surface area (Å²) in [6.45, 7) is 1.86. The van der Waals surface area contributed by atoms with E-state index in [1.165, 1.54) is 23.9 Å². The lowest BCUT2D eigenvalue weighted by atomic mass is 10.2. The predicted molar refractivity (Wildman–Crippen MR) is 71.1 cm³/mol. The highest BCUT2D eigenvalue weighted by Gasteiger charge is 2.09. The predicted octanol–water partition coefficient (Wildman–Crippen LogP) is 4.66. The van der Waals surface area contributed by atoms with E-state index in [0.29, 0.717) is 15.6 Å². The number of benzene rings is 2. The lowest BCUT2D eigenvalue weighted by molar-refractivity contribution is 0.565. The van der Waals surface area contributed by atoms with E-state index in [-0.39, 0.29) is 0 Å². The molecule has 2 N–H and O–H groups in total. The van der Waals surface area contributed by atoms with Gasteiger partial charge in [0.05, 0.1) is 10.7 Å². The molecule has 0 aliphatic carbocycles. The van der Waals surface area contributed by atoms with Gasteiger partial charge in [-0.05, 0) is 36.8 Å². The zero-order valence-electron chi connectivity index (χ0n) is 9.51. The van der Waals surface area contributed by atoms with Gasteiger partial charge in [-0.25, -0.2) is 8.78 Å². The highest BCUT2D eigenvalue weighted by atomic mass is 35.5. The molecular formula is C13H10ClF2NS. The molecule has 0 radical (unpaired) electrons. The second-order valence-electron chi connectivity index (χ2n) is 3.82. The Morgan fingerprint density at radius 1 is 1.11 bits per heavy atom. The van der Waals surface area contributed by atoms with Crippen LogP contribution < -0.4 is 5.73 Å². The van der Waals surface area contributed by atoms with Gasteiger partial charge in [-0.2, -0.15) is 0 Å². The van der Waals surface area contributed by atoms with E-state index in [2.05, 4.69) is 0 Å². The third kappa shape index (κ3) is 2.76. The van der Waals surface area contributed by atoms with E-state index in [4.69, 9.17) is 17.3 Å². The van der Waals surface area contributed by atoms with Gasteiger partial charge in [0.15, 0.2) is 0 Å². The largest absolute Gasteiger partial charge is 0.398 e. The molecule has 2 rings (SSSR count). The van der Waals surface area contributed by atoms with Crippen molar-refractivity contribution >= 4 is 29.1 Å². The van der Waals surface area contributed by atoms with E-state index >= 15 is 0 Å². The Hall–Kier alpha value is -1.26. The Kier molecular flexibility index (Phi) is 3.78. The Balaban J connectivity index is 2.37. The van der Waals surface area contributed by atoms with Gasteiger partial charge in [0, 0.05) is 15.9 Å². The third-order valence-electron chi connectivity index (χ3n) is 2.41. The zero-order chi connectivity index (χ0) is 13.3. The first kappa shape index (κ1) is 13.2. The number of halogens is 3. The third-order valence-corrected chi connectivity index (χ3v) is 3.95. The first-order valence-corrected chi connectivity index (χ1v) is 6.35. The van der Waals surface area contributed by atoms with E-state index < -0.39 is 11.6 Å². The van der Waals surface area contributed by atoms with Gasteiger partial charge in [-0.15, -0.1) is 0 Å². The summed E-state index contributed by atoms with van der Waals surface area (Å²) in [5.74, 6) is -1.18. The van der Waals surface area contributed by atoms with Crippen LogP contribution in [0.5, 0.6) is 0 Å². The van der Waals surface area contributed by atoms with Crippen LogP contribution in [-0.4, -0.2) is 0 Å². The summed E-state index contributed by atoms with van der Waals surface area (Å²) < 4.78 is 26.3. The summed E-state index contributed by atoms with van der Waals surface area (Å²) in [7, 11) is 0. The highest BCUT2D eigenvalue weighted by Crippen LogP contribution is 2.35. The number of hydrogen-bond acceptors (Lipinski definition) is 2. The van der Waals surface area contributed by atoms with E-state index in [0.717, 1.165) is 16.5 Å². The summed E-state index contributed by atoms with van der Waals surface area (Å²) in [6.07, 6.45) is 0. The van der Waals surface area contributed by atoms with Crippen LogP contribution >= 0.6 is 23.4 Å². The number of rotatable bonds is 2. The van der Waals surface area contributed by atoms with E-state index in [1.54, 1.807) is 12.1 Å². The van der Waals surface area contributed by atoms with Crippen molar-refractivity contribution in [3.05, 3.63) is 52.6 Å². The minimum absolute atomic E-state index is 0.348. The van der Waals surface area contributed by atoms with E-state index in [9.17, 15) is 8.78 Å². The van der Waals surface area contributed by atoms with Gasteiger partial charge < -0.3 is 5.73 Å². The molecule has 0 atom stereocenters. The topological polar surface area (TPSA) is 26.0 Å². The quantitative estimate of drug-likeness (QED) is 0.812. The molecule has 0 aromatic heterocycles. The van der Waals surface area contributed by atoms with Crippen molar-refractivity contribution in [1.29, 1.82) is 0 Å². The number of aryl methyl sites for hydroxylation is 1. The summed E-state index contributed by atoms with van der Waals surface area (Å²) in [6, 6.07) is 6.89. The fourth-order valence-electron chi connectivity index (χ4n) is 1.47. The van der Waals surface area contributed by atoms with Crippen LogP contribution in [0, 0.1) is 18.6 Å². The Labute approximate surface area is 113 Å². The molecule has 0 saturated carbocycles. The summed E-state index contributed by atoms with van der Waals surface area (Å²) in [4.78, 5) is 1.14. The van der Waals surface area contributed by atoms with Crippen LogP contribution in [0.25, 0.3) is 0 Å². The standard InChI is InChI=1S/C13H10ClF2NS/c1-7-4-11(17)9(14)6-13(7)18-12-3-2-8(15)5-10(12)16/h2-6H,17H2,1H3. The fourth-order valence-corrected chi connectivity index (χ4v) is 2.63. The summed E-state index contributed by atoms with van der Waals surface area (Å²) >= 11 is 7.12. The number of nitrogen functional groups attached to an aromatic ring is 1. The highest BCUT2D eigenvalue weighted by molar-refractivity contribution is 7.99. The van der Waals surface area contributed by atoms with Gasteiger partial charge in [-0.1, -0.05) is 23.4 Å². The summed E-state index contributed by atoms with van der Waals surface area (Å²) in [5.41, 5.74) is 7.05. The van der Waals surface area contributed by atoms with Gasteiger partial charge in [-0.3, -0.25) is 0 Å². The molecule has 0 heterocycles. The molecule has 0 bridgehead atoms. The molecule has 5 heteroatoms. The molecule has 18 heavy (non-hydrogen) atoms. The van der Waals surface area contributed by atoms with Crippen molar-refractivity contribution in [3.63, 3.8) is 0 Å². The van der Waals surface area contributed by atoms with Crippen LogP contribution in [0.2, 0.25) is 5.02 Å².